The lowest BCUT2D eigenvalue weighted by Gasteiger charge is -2.21. The number of likely N-dealkylation sites (N-methyl/N-ethyl adjacent to an activating group) is 1. The zero-order valence-corrected chi connectivity index (χ0v) is 17.1. The molecular formula is C23H21N3O2S. The molecule has 0 bridgehead atoms. The quantitative estimate of drug-likeness (QED) is 0.493. The maximum atomic E-state index is 13.0. The van der Waals surface area contributed by atoms with E-state index < -0.39 is 0 Å². The van der Waals surface area contributed by atoms with Crippen LogP contribution in [0, 0.1) is 6.92 Å². The number of benzene rings is 2. The van der Waals surface area contributed by atoms with E-state index in [1.54, 1.807) is 4.90 Å². The molecule has 0 atom stereocenters. The fraction of sp³-hybridized carbons (Fsp3) is 0.174. The minimum Gasteiger partial charge on any atom is -0.311 e. The Morgan fingerprint density at radius 1 is 1.10 bits per heavy atom. The van der Waals surface area contributed by atoms with Gasteiger partial charge in [-0.05, 0) is 31.5 Å². The summed E-state index contributed by atoms with van der Waals surface area (Å²) >= 11 is 1.37. The second kappa shape index (κ2) is 8.01. The number of rotatable bonds is 5. The number of nitrogens with zero attached hydrogens (tertiary/aromatic N) is 3. The molecule has 5 nitrogen and oxygen atoms in total. The van der Waals surface area contributed by atoms with Crippen LogP contribution in [-0.2, 0) is 11.3 Å². The van der Waals surface area contributed by atoms with E-state index in [4.69, 9.17) is 0 Å². The molecule has 2 heterocycles. The van der Waals surface area contributed by atoms with Crippen molar-refractivity contribution in [2.45, 2.75) is 20.4 Å². The van der Waals surface area contributed by atoms with E-state index in [1.807, 2.05) is 73.8 Å². The predicted molar refractivity (Wildman–Crippen MR) is 119 cm³/mol. The van der Waals surface area contributed by atoms with E-state index in [0.717, 1.165) is 16.8 Å². The van der Waals surface area contributed by atoms with Crippen LogP contribution >= 0.6 is 11.3 Å². The number of aromatic nitrogens is 2. The standard InChI is InChI=1S/C23H21N3O2S/c1-3-26(18-7-5-4-6-8-18)20(27)13-25-15-24-21-19(14-29-22(21)23(25)28)17-11-9-16(2)10-12-17/h4-12,14-15H,3,13H2,1-2H3. The van der Waals surface area contributed by atoms with Crippen molar-refractivity contribution in [1.82, 2.24) is 9.55 Å². The third kappa shape index (κ3) is 3.71. The molecular weight excluding hydrogens is 382 g/mol. The third-order valence-electron chi connectivity index (χ3n) is 4.90. The number of aryl methyl sites for hydroxylation is 1. The summed E-state index contributed by atoms with van der Waals surface area (Å²) in [6, 6.07) is 17.6. The van der Waals surface area contributed by atoms with Gasteiger partial charge in [-0.25, -0.2) is 4.98 Å². The largest absolute Gasteiger partial charge is 0.311 e. The molecule has 0 aliphatic rings. The van der Waals surface area contributed by atoms with Crippen molar-refractivity contribution in [3.05, 3.63) is 82.2 Å². The Morgan fingerprint density at radius 2 is 1.83 bits per heavy atom. The summed E-state index contributed by atoms with van der Waals surface area (Å²) < 4.78 is 1.96. The smallest absolute Gasteiger partial charge is 0.271 e. The van der Waals surface area contributed by atoms with Crippen molar-refractivity contribution >= 4 is 33.1 Å². The Balaban J connectivity index is 1.65. The highest BCUT2D eigenvalue weighted by Crippen LogP contribution is 2.30. The lowest BCUT2D eigenvalue weighted by molar-refractivity contribution is -0.119. The molecule has 0 radical (unpaired) electrons. The summed E-state index contributed by atoms with van der Waals surface area (Å²) in [6.45, 7) is 4.45. The first-order chi connectivity index (χ1) is 14.1. The maximum Gasteiger partial charge on any atom is 0.271 e. The van der Waals surface area contributed by atoms with Crippen LogP contribution in [0.15, 0.2) is 71.1 Å². The number of amides is 1. The highest BCUT2D eigenvalue weighted by Gasteiger charge is 2.17. The Kier molecular flexibility index (Phi) is 5.27. The van der Waals surface area contributed by atoms with Gasteiger partial charge in [-0.2, -0.15) is 0 Å². The van der Waals surface area contributed by atoms with Crippen LogP contribution in [-0.4, -0.2) is 22.0 Å². The Hall–Kier alpha value is -3.25. The number of carbonyl (C=O) groups excluding carboxylic acids is 1. The minimum absolute atomic E-state index is 0.0394. The molecule has 0 aliphatic carbocycles. The number of hydrogen-bond acceptors (Lipinski definition) is 4. The molecule has 0 fully saturated rings. The fourth-order valence-electron chi connectivity index (χ4n) is 3.33. The molecule has 0 N–H and O–H groups in total. The molecule has 0 aliphatic heterocycles. The molecule has 0 saturated carbocycles. The van der Waals surface area contributed by atoms with Crippen LogP contribution in [0.1, 0.15) is 12.5 Å². The molecule has 2 aromatic heterocycles. The SMILES string of the molecule is CCN(C(=O)Cn1cnc2c(-c3ccc(C)cc3)csc2c1=O)c1ccccc1. The summed E-state index contributed by atoms with van der Waals surface area (Å²) in [5.41, 5.74) is 4.48. The molecule has 2 aromatic carbocycles. The fourth-order valence-corrected chi connectivity index (χ4v) is 4.31. The van der Waals surface area contributed by atoms with Gasteiger partial charge in [0.15, 0.2) is 0 Å². The average molecular weight is 404 g/mol. The van der Waals surface area contributed by atoms with Gasteiger partial charge in [-0.3, -0.25) is 14.2 Å². The number of thiophene rings is 1. The van der Waals surface area contributed by atoms with Gasteiger partial charge in [-0.1, -0.05) is 48.0 Å². The van der Waals surface area contributed by atoms with E-state index in [-0.39, 0.29) is 18.0 Å². The van der Waals surface area contributed by atoms with Crippen LogP contribution in [0.3, 0.4) is 0 Å². The van der Waals surface area contributed by atoms with Crippen molar-refractivity contribution in [3.63, 3.8) is 0 Å². The van der Waals surface area contributed by atoms with E-state index in [1.165, 1.54) is 27.8 Å². The van der Waals surface area contributed by atoms with E-state index in [2.05, 4.69) is 4.98 Å². The van der Waals surface area contributed by atoms with Gasteiger partial charge in [0.2, 0.25) is 5.91 Å². The lowest BCUT2D eigenvalue weighted by Crippen LogP contribution is -2.36. The van der Waals surface area contributed by atoms with Gasteiger partial charge in [-0.15, -0.1) is 11.3 Å². The summed E-state index contributed by atoms with van der Waals surface area (Å²) in [5, 5.41) is 1.96. The van der Waals surface area contributed by atoms with Gasteiger partial charge < -0.3 is 4.90 Å². The first kappa shape index (κ1) is 19.1. The molecule has 0 unspecified atom stereocenters. The summed E-state index contributed by atoms with van der Waals surface area (Å²) in [4.78, 5) is 32.0. The van der Waals surface area contributed by atoms with Gasteiger partial charge in [0.1, 0.15) is 11.2 Å². The van der Waals surface area contributed by atoms with Gasteiger partial charge in [0.05, 0.1) is 11.8 Å². The van der Waals surface area contributed by atoms with Gasteiger partial charge in [0.25, 0.3) is 5.56 Å². The molecule has 0 saturated heterocycles. The van der Waals surface area contributed by atoms with E-state index in [0.29, 0.717) is 16.8 Å². The highest BCUT2D eigenvalue weighted by atomic mass is 32.1. The van der Waals surface area contributed by atoms with Crippen molar-refractivity contribution in [2.75, 3.05) is 11.4 Å². The maximum absolute atomic E-state index is 13.0. The van der Waals surface area contributed by atoms with Crippen molar-refractivity contribution < 1.29 is 4.79 Å². The van der Waals surface area contributed by atoms with Gasteiger partial charge in [0, 0.05) is 23.2 Å². The second-order valence-corrected chi connectivity index (χ2v) is 7.72. The molecule has 146 valence electrons. The molecule has 4 rings (SSSR count). The average Bonchev–Trinajstić information content (AvgIpc) is 3.17. The summed E-state index contributed by atoms with van der Waals surface area (Å²) in [6.07, 6.45) is 1.48. The Morgan fingerprint density at radius 3 is 2.52 bits per heavy atom. The van der Waals surface area contributed by atoms with Crippen LogP contribution in [0.2, 0.25) is 0 Å². The zero-order valence-electron chi connectivity index (χ0n) is 16.3. The lowest BCUT2D eigenvalue weighted by atomic mass is 10.1. The van der Waals surface area contributed by atoms with Crippen molar-refractivity contribution in [3.8, 4) is 11.1 Å². The zero-order chi connectivity index (χ0) is 20.4. The van der Waals surface area contributed by atoms with Crippen molar-refractivity contribution in [1.29, 1.82) is 0 Å². The van der Waals surface area contributed by atoms with Crippen LogP contribution in [0.4, 0.5) is 5.69 Å². The first-order valence-corrected chi connectivity index (χ1v) is 10.4. The summed E-state index contributed by atoms with van der Waals surface area (Å²) in [5.74, 6) is -0.141. The Labute approximate surface area is 172 Å². The van der Waals surface area contributed by atoms with E-state index >= 15 is 0 Å². The highest BCUT2D eigenvalue weighted by molar-refractivity contribution is 7.17. The minimum atomic E-state index is -0.184. The molecule has 4 aromatic rings. The predicted octanol–water partition coefficient (Wildman–Crippen LogP) is 4.49. The monoisotopic (exact) mass is 403 g/mol. The number of anilines is 1. The number of para-hydroxylation sites is 1. The normalized spacial score (nSPS) is 11.0. The van der Waals surface area contributed by atoms with E-state index in [9.17, 15) is 9.59 Å². The topological polar surface area (TPSA) is 55.2 Å². The van der Waals surface area contributed by atoms with Crippen LogP contribution in [0.5, 0.6) is 0 Å². The van der Waals surface area contributed by atoms with Crippen molar-refractivity contribution in [2.24, 2.45) is 0 Å². The molecule has 0 spiro atoms. The molecule has 6 heteroatoms. The third-order valence-corrected chi connectivity index (χ3v) is 5.86. The summed E-state index contributed by atoms with van der Waals surface area (Å²) in [7, 11) is 0. The van der Waals surface area contributed by atoms with Gasteiger partial charge >= 0.3 is 0 Å². The van der Waals surface area contributed by atoms with Crippen LogP contribution in [0.25, 0.3) is 21.3 Å². The Bertz CT molecular complexity index is 1210. The second-order valence-electron chi connectivity index (χ2n) is 6.84. The first-order valence-electron chi connectivity index (χ1n) is 9.47. The number of carbonyl (C=O) groups is 1. The number of hydrogen-bond donors (Lipinski definition) is 0. The number of fused-ring (bicyclic) bond motifs is 1. The van der Waals surface area contributed by atoms with Crippen LogP contribution < -0.4 is 10.5 Å². The molecule has 1 amide bonds. The molecule has 29 heavy (non-hydrogen) atoms.